The number of halogens is 3. The maximum atomic E-state index is 6.40. The van der Waals surface area contributed by atoms with E-state index in [1.165, 1.54) is 0 Å². The number of aryl methyl sites for hydroxylation is 1. The number of hydrogen-bond donors (Lipinski definition) is 1. The lowest BCUT2D eigenvalue weighted by atomic mass is 10.1. The molecule has 0 saturated carbocycles. The fraction of sp³-hybridized carbons (Fsp3) is 0.357. The second-order valence-electron chi connectivity index (χ2n) is 4.81. The van der Waals surface area contributed by atoms with E-state index in [1.807, 2.05) is 0 Å². The smallest absolute Gasteiger partial charge is 0.0829 e. The highest BCUT2D eigenvalue weighted by Gasteiger charge is 2.18. The van der Waals surface area contributed by atoms with E-state index in [-0.39, 0.29) is 12.4 Å². The summed E-state index contributed by atoms with van der Waals surface area (Å²) in [5, 5.41) is 5.22. The minimum atomic E-state index is 0. The Morgan fingerprint density at radius 2 is 2.00 bits per heavy atom. The molecule has 0 radical (unpaired) electrons. The van der Waals surface area contributed by atoms with Crippen LogP contribution in [0.1, 0.15) is 5.56 Å². The Morgan fingerprint density at radius 3 is 2.70 bits per heavy atom. The van der Waals surface area contributed by atoms with E-state index in [1.54, 1.807) is 6.20 Å². The van der Waals surface area contributed by atoms with Crippen molar-refractivity contribution in [2.24, 2.45) is 0 Å². The molecule has 6 heteroatoms. The lowest BCUT2D eigenvalue weighted by molar-refractivity contribution is 0.590. The van der Waals surface area contributed by atoms with Gasteiger partial charge in [0.05, 0.1) is 16.2 Å². The molecule has 1 aliphatic heterocycles. The van der Waals surface area contributed by atoms with Crippen molar-refractivity contribution in [3.8, 4) is 0 Å². The van der Waals surface area contributed by atoms with Gasteiger partial charge in [0.1, 0.15) is 0 Å². The molecule has 108 valence electrons. The molecule has 1 aromatic heterocycles. The summed E-state index contributed by atoms with van der Waals surface area (Å²) in [7, 11) is 0. The summed E-state index contributed by atoms with van der Waals surface area (Å²) in [6.45, 7) is 6.02. The van der Waals surface area contributed by atoms with Gasteiger partial charge in [0.15, 0.2) is 0 Å². The van der Waals surface area contributed by atoms with E-state index >= 15 is 0 Å². The van der Waals surface area contributed by atoms with Crippen LogP contribution in [-0.2, 0) is 0 Å². The molecule has 2 heterocycles. The molecule has 1 saturated heterocycles. The molecule has 20 heavy (non-hydrogen) atoms. The third-order valence-corrected chi connectivity index (χ3v) is 4.22. The number of fused-ring (bicyclic) bond motifs is 1. The molecule has 1 aliphatic rings. The highest BCUT2D eigenvalue weighted by atomic mass is 79.9. The van der Waals surface area contributed by atoms with E-state index in [0.29, 0.717) is 0 Å². The second kappa shape index (κ2) is 6.48. The van der Waals surface area contributed by atoms with Gasteiger partial charge in [-0.15, -0.1) is 12.4 Å². The van der Waals surface area contributed by atoms with Crippen LogP contribution in [0.3, 0.4) is 0 Å². The van der Waals surface area contributed by atoms with Crippen molar-refractivity contribution in [1.29, 1.82) is 0 Å². The Hall–Kier alpha value is -0.550. The summed E-state index contributed by atoms with van der Waals surface area (Å²) in [4.78, 5) is 6.82. The Bertz CT molecular complexity index is 627. The standard InChI is InChI=1S/C14H15BrClN3.ClH/c1-9-6-10(15)7-11-13(9)18-8-12(16)14(11)19-4-2-17-3-5-19;/h6-8,17H,2-5H2,1H3;1H. The summed E-state index contributed by atoms with van der Waals surface area (Å²) in [6.07, 6.45) is 1.77. The van der Waals surface area contributed by atoms with E-state index in [4.69, 9.17) is 11.6 Å². The van der Waals surface area contributed by atoms with Crippen molar-refractivity contribution in [3.05, 3.63) is 33.4 Å². The maximum Gasteiger partial charge on any atom is 0.0829 e. The first-order valence-corrected chi connectivity index (χ1v) is 7.54. The first-order chi connectivity index (χ1) is 9.16. The molecule has 1 N–H and O–H groups in total. The van der Waals surface area contributed by atoms with E-state index < -0.39 is 0 Å². The van der Waals surface area contributed by atoms with Gasteiger partial charge in [0.2, 0.25) is 0 Å². The van der Waals surface area contributed by atoms with Crippen LogP contribution < -0.4 is 10.2 Å². The van der Waals surface area contributed by atoms with Gasteiger partial charge >= 0.3 is 0 Å². The number of benzene rings is 1. The summed E-state index contributed by atoms with van der Waals surface area (Å²) in [6, 6.07) is 4.20. The van der Waals surface area contributed by atoms with E-state index in [9.17, 15) is 0 Å². The van der Waals surface area contributed by atoms with Crippen molar-refractivity contribution in [2.75, 3.05) is 31.1 Å². The lowest BCUT2D eigenvalue weighted by Gasteiger charge is -2.31. The average molecular weight is 377 g/mol. The number of hydrogen-bond acceptors (Lipinski definition) is 3. The Kier molecular flexibility index (Phi) is 5.13. The highest BCUT2D eigenvalue weighted by Crippen LogP contribution is 2.36. The van der Waals surface area contributed by atoms with Crippen LogP contribution in [0, 0.1) is 6.92 Å². The van der Waals surface area contributed by atoms with Crippen molar-refractivity contribution in [3.63, 3.8) is 0 Å². The zero-order valence-corrected chi connectivity index (χ0v) is 14.3. The topological polar surface area (TPSA) is 28.2 Å². The van der Waals surface area contributed by atoms with E-state index in [2.05, 4.69) is 50.2 Å². The molecule has 0 aliphatic carbocycles. The van der Waals surface area contributed by atoms with Crippen molar-refractivity contribution < 1.29 is 0 Å². The Labute approximate surface area is 138 Å². The van der Waals surface area contributed by atoms with Gasteiger partial charge in [0, 0.05) is 42.2 Å². The van der Waals surface area contributed by atoms with Gasteiger partial charge in [-0.25, -0.2) is 0 Å². The number of nitrogens with zero attached hydrogens (tertiary/aromatic N) is 2. The first kappa shape index (κ1) is 15.8. The fourth-order valence-corrected chi connectivity index (χ4v) is 3.45. The molecule has 0 atom stereocenters. The highest BCUT2D eigenvalue weighted by molar-refractivity contribution is 9.10. The third-order valence-electron chi connectivity index (χ3n) is 3.49. The molecule has 3 nitrogen and oxygen atoms in total. The zero-order chi connectivity index (χ0) is 13.4. The van der Waals surface area contributed by atoms with Crippen LogP contribution in [0.5, 0.6) is 0 Å². The van der Waals surface area contributed by atoms with Gasteiger partial charge in [-0.2, -0.15) is 0 Å². The Morgan fingerprint density at radius 1 is 1.30 bits per heavy atom. The largest absolute Gasteiger partial charge is 0.367 e. The SMILES string of the molecule is Cc1cc(Br)cc2c(N3CCNCC3)c(Cl)cnc12.Cl. The third kappa shape index (κ3) is 2.89. The summed E-state index contributed by atoms with van der Waals surface area (Å²) >= 11 is 9.97. The minimum Gasteiger partial charge on any atom is -0.367 e. The minimum absolute atomic E-state index is 0. The number of pyridine rings is 1. The molecule has 1 fully saturated rings. The second-order valence-corrected chi connectivity index (χ2v) is 6.13. The zero-order valence-electron chi connectivity index (χ0n) is 11.1. The summed E-state index contributed by atoms with van der Waals surface area (Å²) in [5.74, 6) is 0. The van der Waals surface area contributed by atoms with Crippen LogP contribution in [0.25, 0.3) is 10.9 Å². The molecule has 2 aromatic rings. The van der Waals surface area contributed by atoms with Gasteiger partial charge < -0.3 is 10.2 Å². The monoisotopic (exact) mass is 375 g/mol. The van der Waals surface area contributed by atoms with Crippen LogP contribution in [0.4, 0.5) is 5.69 Å². The number of piperazine rings is 1. The average Bonchev–Trinajstić information content (AvgIpc) is 2.39. The molecular formula is C14H16BrCl2N3. The first-order valence-electron chi connectivity index (χ1n) is 6.37. The van der Waals surface area contributed by atoms with Crippen LogP contribution in [0.15, 0.2) is 22.8 Å². The molecule has 0 unspecified atom stereocenters. The molecular weight excluding hydrogens is 361 g/mol. The van der Waals surface area contributed by atoms with Crippen molar-refractivity contribution in [2.45, 2.75) is 6.92 Å². The van der Waals surface area contributed by atoms with Crippen LogP contribution in [0.2, 0.25) is 5.02 Å². The number of rotatable bonds is 1. The van der Waals surface area contributed by atoms with Gasteiger partial charge in [-0.3, -0.25) is 4.98 Å². The van der Waals surface area contributed by atoms with Gasteiger partial charge in [-0.1, -0.05) is 27.5 Å². The fourth-order valence-electron chi connectivity index (χ4n) is 2.61. The lowest BCUT2D eigenvalue weighted by Crippen LogP contribution is -2.43. The van der Waals surface area contributed by atoms with E-state index in [0.717, 1.165) is 57.8 Å². The van der Waals surface area contributed by atoms with Gasteiger partial charge in [0.25, 0.3) is 0 Å². The predicted molar refractivity (Wildman–Crippen MR) is 91.5 cm³/mol. The predicted octanol–water partition coefficient (Wildman–Crippen LogP) is 3.79. The molecule has 0 bridgehead atoms. The van der Waals surface area contributed by atoms with Gasteiger partial charge in [-0.05, 0) is 24.6 Å². The van der Waals surface area contributed by atoms with Crippen LogP contribution >= 0.6 is 39.9 Å². The van der Waals surface area contributed by atoms with Crippen molar-refractivity contribution in [1.82, 2.24) is 10.3 Å². The number of nitrogens with one attached hydrogen (secondary N) is 1. The summed E-state index contributed by atoms with van der Waals surface area (Å²) < 4.78 is 1.07. The molecule has 1 aromatic carbocycles. The summed E-state index contributed by atoms with van der Waals surface area (Å²) in [5.41, 5.74) is 3.30. The van der Waals surface area contributed by atoms with Crippen molar-refractivity contribution >= 4 is 56.5 Å². The quantitative estimate of drug-likeness (QED) is 0.820. The molecule has 3 rings (SSSR count). The number of aromatic nitrogens is 1. The molecule has 0 spiro atoms. The van der Waals surface area contributed by atoms with Crippen LogP contribution in [-0.4, -0.2) is 31.2 Å². The number of anilines is 1. The molecule has 0 amide bonds. The normalized spacial score (nSPS) is 15.2. The maximum absolute atomic E-state index is 6.40. The Balaban J connectivity index is 0.00000147.